The number of nitrogens with zero attached hydrogens (tertiary/aromatic N) is 2. The van der Waals surface area contributed by atoms with E-state index in [-0.39, 0.29) is 0 Å². The van der Waals surface area contributed by atoms with Gasteiger partial charge in [0.05, 0.1) is 5.60 Å². The molecule has 2 aliphatic rings. The Morgan fingerprint density at radius 1 is 1.16 bits per heavy atom. The standard InChI is InChI=1S/C12H25N3O3S/c1-14-8-10-15(11-9-14)19(17,18)13-7-6-12(16)4-2-3-5-12/h13,16H,2-11H2,1H3. The highest BCUT2D eigenvalue weighted by Gasteiger charge is 2.31. The van der Waals surface area contributed by atoms with Crippen molar-refractivity contribution in [1.82, 2.24) is 13.9 Å². The molecule has 7 heteroatoms. The summed E-state index contributed by atoms with van der Waals surface area (Å²) in [5.74, 6) is 0. The van der Waals surface area contributed by atoms with E-state index < -0.39 is 15.8 Å². The predicted octanol–water partition coefficient (Wildman–Crippen LogP) is -0.237. The van der Waals surface area contributed by atoms with E-state index in [0.717, 1.165) is 38.8 Å². The molecule has 1 heterocycles. The highest BCUT2D eigenvalue weighted by molar-refractivity contribution is 7.87. The summed E-state index contributed by atoms with van der Waals surface area (Å²) in [6.07, 6.45) is 4.19. The lowest BCUT2D eigenvalue weighted by atomic mass is 9.98. The van der Waals surface area contributed by atoms with E-state index in [1.54, 1.807) is 0 Å². The van der Waals surface area contributed by atoms with Crippen LogP contribution in [-0.2, 0) is 10.2 Å². The van der Waals surface area contributed by atoms with Crippen LogP contribution >= 0.6 is 0 Å². The molecule has 0 bridgehead atoms. The van der Waals surface area contributed by atoms with Gasteiger partial charge in [-0.25, -0.2) is 4.72 Å². The first-order chi connectivity index (χ1) is 8.91. The van der Waals surface area contributed by atoms with Crippen molar-refractivity contribution in [3.05, 3.63) is 0 Å². The molecule has 0 atom stereocenters. The molecule has 0 spiro atoms. The van der Waals surface area contributed by atoms with Gasteiger partial charge in [-0.15, -0.1) is 0 Å². The fraction of sp³-hybridized carbons (Fsp3) is 1.00. The maximum absolute atomic E-state index is 12.1. The van der Waals surface area contributed by atoms with Gasteiger partial charge in [-0.2, -0.15) is 12.7 Å². The Bertz CT molecular complexity index is 385. The van der Waals surface area contributed by atoms with Gasteiger partial charge < -0.3 is 10.0 Å². The van der Waals surface area contributed by atoms with Gasteiger partial charge in [0.1, 0.15) is 0 Å². The highest BCUT2D eigenvalue weighted by atomic mass is 32.2. The number of piperazine rings is 1. The van der Waals surface area contributed by atoms with E-state index >= 15 is 0 Å². The van der Waals surface area contributed by atoms with E-state index in [1.807, 2.05) is 7.05 Å². The van der Waals surface area contributed by atoms with E-state index in [9.17, 15) is 13.5 Å². The Kier molecular flexibility index (Phi) is 4.84. The average Bonchev–Trinajstić information content (AvgIpc) is 2.76. The second-order valence-corrected chi connectivity index (χ2v) is 7.54. The zero-order chi connectivity index (χ0) is 13.9. The second-order valence-electron chi connectivity index (χ2n) is 5.78. The van der Waals surface area contributed by atoms with Gasteiger partial charge in [0, 0.05) is 32.7 Å². The number of likely N-dealkylation sites (N-methyl/N-ethyl adjacent to an activating group) is 1. The summed E-state index contributed by atoms with van der Waals surface area (Å²) in [5, 5.41) is 10.2. The topological polar surface area (TPSA) is 72.9 Å². The molecule has 2 fully saturated rings. The van der Waals surface area contributed by atoms with Crippen molar-refractivity contribution in [3.8, 4) is 0 Å². The largest absolute Gasteiger partial charge is 0.390 e. The molecule has 6 nitrogen and oxygen atoms in total. The molecular formula is C12H25N3O3S. The molecule has 1 saturated carbocycles. The normalized spacial score (nSPS) is 25.8. The number of rotatable bonds is 5. The van der Waals surface area contributed by atoms with Crippen LogP contribution in [0.3, 0.4) is 0 Å². The van der Waals surface area contributed by atoms with Crippen LogP contribution in [0.2, 0.25) is 0 Å². The summed E-state index contributed by atoms with van der Waals surface area (Å²) in [4.78, 5) is 2.12. The third-order valence-electron chi connectivity index (χ3n) is 4.21. The molecule has 0 aromatic heterocycles. The zero-order valence-electron chi connectivity index (χ0n) is 11.6. The Morgan fingerprint density at radius 3 is 2.32 bits per heavy atom. The number of hydrogen-bond acceptors (Lipinski definition) is 4. The summed E-state index contributed by atoms with van der Waals surface area (Å²) in [6.45, 7) is 2.94. The lowest BCUT2D eigenvalue weighted by molar-refractivity contribution is 0.0404. The first-order valence-electron chi connectivity index (χ1n) is 7.07. The van der Waals surface area contributed by atoms with Crippen molar-refractivity contribution in [2.45, 2.75) is 37.7 Å². The summed E-state index contributed by atoms with van der Waals surface area (Å²) in [5.41, 5.74) is -0.648. The number of nitrogens with one attached hydrogen (secondary N) is 1. The fourth-order valence-corrected chi connectivity index (χ4v) is 4.00. The zero-order valence-corrected chi connectivity index (χ0v) is 12.5. The molecule has 0 amide bonds. The molecule has 0 unspecified atom stereocenters. The minimum absolute atomic E-state index is 0.325. The summed E-state index contributed by atoms with van der Waals surface area (Å²) < 4.78 is 28.3. The lowest BCUT2D eigenvalue weighted by Gasteiger charge is -2.31. The molecule has 0 aromatic rings. The minimum Gasteiger partial charge on any atom is -0.390 e. The average molecular weight is 291 g/mol. The van der Waals surface area contributed by atoms with Crippen molar-refractivity contribution in [3.63, 3.8) is 0 Å². The van der Waals surface area contributed by atoms with E-state index in [2.05, 4.69) is 9.62 Å². The second kappa shape index (κ2) is 6.05. The van der Waals surface area contributed by atoms with Crippen LogP contribution in [0.5, 0.6) is 0 Å². The molecule has 112 valence electrons. The Balaban J connectivity index is 1.77. The van der Waals surface area contributed by atoms with Crippen LogP contribution < -0.4 is 4.72 Å². The summed E-state index contributed by atoms with van der Waals surface area (Å²) >= 11 is 0. The first kappa shape index (κ1) is 15.2. The molecule has 2 N–H and O–H groups in total. The highest BCUT2D eigenvalue weighted by Crippen LogP contribution is 2.31. The molecule has 0 aromatic carbocycles. The molecule has 1 saturated heterocycles. The van der Waals surface area contributed by atoms with Gasteiger partial charge in [-0.05, 0) is 26.3 Å². The Hall–Kier alpha value is -0.210. The third-order valence-corrected chi connectivity index (χ3v) is 5.83. The van der Waals surface area contributed by atoms with Crippen LogP contribution in [0.25, 0.3) is 0 Å². The van der Waals surface area contributed by atoms with Crippen LogP contribution in [0.4, 0.5) is 0 Å². The van der Waals surface area contributed by atoms with Gasteiger partial charge >= 0.3 is 0 Å². The van der Waals surface area contributed by atoms with Crippen molar-refractivity contribution in [2.75, 3.05) is 39.8 Å². The number of aliphatic hydroxyl groups is 1. The Labute approximate surface area is 116 Å². The summed E-state index contributed by atoms with van der Waals surface area (Å²) in [7, 11) is -1.39. The lowest BCUT2D eigenvalue weighted by Crippen LogP contribution is -2.51. The van der Waals surface area contributed by atoms with Crippen molar-refractivity contribution < 1.29 is 13.5 Å². The minimum atomic E-state index is -3.38. The van der Waals surface area contributed by atoms with E-state index in [4.69, 9.17) is 0 Å². The van der Waals surface area contributed by atoms with Crippen LogP contribution in [0.15, 0.2) is 0 Å². The molecule has 1 aliphatic carbocycles. The van der Waals surface area contributed by atoms with Gasteiger partial charge in [-0.3, -0.25) is 0 Å². The van der Waals surface area contributed by atoms with Gasteiger partial charge in [-0.1, -0.05) is 12.8 Å². The van der Waals surface area contributed by atoms with Crippen molar-refractivity contribution in [2.24, 2.45) is 0 Å². The molecular weight excluding hydrogens is 266 g/mol. The smallest absolute Gasteiger partial charge is 0.279 e. The van der Waals surface area contributed by atoms with Crippen LogP contribution in [0.1, 0.15) is 32.1 Å². The van der Waals surface area contributed by atoms with E-state index in [1.165, 1.54) is 4.31 Å². The van der Waals surface area contributed by atoms with Crippen LogP contribution in [-0.4, -0.2) is 68.1 Å². The Morgan fingerprint density at radius 2 is 1.74 bits per heavy atom. The van der Waals surface area contributed by atoms with Gasteiger partial charge in [0.15, 0.2) is 0 Å². The maximum Gasteiger partial charge on any atom is 0.279 e. The fourth-order valence-electron chi connectivity index (χ4n) is 2.82. The van der Waals surface area contributed by atoms with Gasteiger partial charge in [0.2, 0.25) is 0 Å². The first-order valence-corrected chi connectivity index (χ1v) is 8.51. The SMILES string of the molecule is CN1CCN(S(=O)(=O)NCCC2(O)CCCC2)CC1. The van der Waals surface area contributed by atoms with E-state index in [0.29, 0.717) is 26.1 Å². The number of hydrogen-bond donors (Lipinski definition) is 2. The van der Waals surface area contributed by atoms with Crippen molar-refractivity contribution >= 4 is 10.2 Å². The predicted molar refractivity (Wildman–Crippen MR) is 74.0 cm³/mol. The molecule has 0 radical (unpaired) electrons. The maximum atomic E-state index is 12.1. The molecule has 2 rings (SSSR count). The monoisotopic (exact) mass is 291 g/mol. The van der Waals surface area contributed by atoms with Crippen molar-refractivity contribution in [1.29, 1.82) is 0 Å². The molecule has 19 heavy (non-hydrogen) atoms. The third kappa shape index (κ3) is 4.13. The van der Waals surface area contributed by atoms with Crippen LogP contribution in [0, 0.1) is 0 Å². The summed E-state index contributed by atoms with van der Waals surface area (Å²) in [6, 6.07) is 0. The quantitative estimate of drug-likeness (QED) is 0.733. The van der Waals surface area contributed by atoms with Gasteiger partial charge in [0.25, 0.3) is 10.2 Å². The molecule has 1 aliphatic heterocycles.